The van der Waals surface area contributed by atoms with Crippen molar-refractivity contribution < 1.29 is 0 Å². The SMILES string of the molecule is Cc1ccsc1CNc1ccccc1C(C)(C)C. The minimum absolute atomic E-state index is 0.175. The molecule has 0 amide bonds. The number of para-hydroxylation sites is 1. The second-order valence-electron chi connectivity index (χ2n) is 5.68. The number of hydrogen-bond donors (Lipinski definition) is 1. The van der Waals surface area contributed by atoms with E-state index in [0.717, 1.165) is 6.54 Å². The van der Waals surface area contributed by atoms with Gasteiger partial charge in [-0.1, -0.05) is 39.0 Å². The molecule has 0 unspecified atom stereocenters. The lowest BCUT2D eigenvalue weighted by Crippen LogP contribution is -2.14. The van der Waals surface area contributed by atoms with Crippen LogP contribution in [0.15, 0.2) is 35.7 Å². The predicted octanol–water partition coefficient (Wildman–Crippen LogP) is 4.97. The number of hydrogen-bond acceptors (Lipinski definition) is 2. The molecule has 1 N–H and O–H groups in total. The summed E-state index contributed by atoms with van der Waals surface area (Å²) in [4.78, 5) is 1.42. The van der Waals surface area contributed by atoms with Crippen molar-refractivity contribution in [3.05, 3.63) is 51.7 Å². The highest BCUT2D eigenvalue weighted by molar-refractivity contribution is 7.10. The summed E-state index contributed by atoms with van der Waals surface area (Å²) in [6.07, 6.45) is 0. The molecule has 2 rings (SSSR count). The van der Waals surface area contributed by atoms with Gasteiger partial charge in [0.2, 0.25) is 0 Å². The van der Waals surface area contributed by atoms with E-state index in [1.54, 1.807) is 0 Å². The van der Waals surface area contributed by atoms with Crippen LogP contribution in [0.5, 0.6) is 0 Å². The van der Waals surface area contributed by atoms with E-state index in [9.17, 15) is 0 Å². The van der Waals surface area contributed by atoms with Gasteiger partial charge in [0.1, 0.15) is 0 Å². The summed E-state index contributed by atoms with van der Waals surface area (Å²) in [6.45, 7) is 9.84. The Morgan fingerprint density at radius 2 is 1.83 bits per heavy atom. The van der Waals surface area contributed by atoms with E-state index in [4.69, 9.17) is 0 Å². The molecule has 0 saturated heterocycles. The molecule has 0 saturated carbocycles. The molecule has 0 radical (unpaired) electrons. The highest BCUT2D eigenvalue weighted by atomic mass is 32.1. The quantitative estimate of drug-likeness (QED) is 0.821. The van der Waals surface area contributed by atoms with Crippen LogP contribution in [0.1, 0.15) is 36.8 Å². The van der Waals surface area contributed by atoms with Gasteiger partial charge in [-0.05, 0) is 41.0 Å². The molecule has 2 heteroatoms. The predicted molar refractivity (Wildman–Crippen MR) is 81.5 cm³/mol. The Bertz CT molecular complexity index is 520. The third-order valence-corrected chi connectivity index (χ3v) is 4.17. The van der Waals surface area contributed by atoms with Crippen molar-refractivity contribution in [1.29, 1.82) is 0 Å². The van der Waals surface area contributed by atoms with E-state index in [1.165, 1.54) is 21.7 Å². The number of anilines is 1. The van der Waals surface area contributed by atoms with Crippen molar-refractivity contribution >= 4 is 17.0 Å². The molecule has 2 aromatic rings. The number of benzene rings is 1. The van der Waals surface area contributed by atoms with Crippen LogP contribution >= 0.6 is 11.3 Å². The van der Waals surface area contributed by atoms with Gasteiger partial charge in [-0.2, -0.15) is 0 Å². The van der Waals surface area contributed by atoms with Crippen molar-refractivity contribution in [2.75, 3.05) is 5.32 Å². The van der Waals surface area contributed by atoms with Crippen molar-refractivity contribution in [3.63, 3.8) is 0 Å². The van der Waals surface area contributed by atoms with Crippen molar-refractivity contribution in [2.45, 2.75) is 39.7 Å². The number of thiophene rings is 1. The molecule has 1 heterocycles. The van der Waals surface area contributed by atoms with E-state index in [0.29, 0.717) is 0 Å². The molecule has 0 aliphatic rings. The standard InChI is InChI=1S/C16H21NS/c1-12-9-10-18-15(12)11-17-14-8-6-5-7-13(14)16(2,3)4/h5-10,17H,11H2,1-4H3. The third kappa shape index (κ3) is 2.94. The van der Waals surface area contributed by atoms with Gasteiger partial charge in [0.05, 0.1) is 0 Å². The summed E-state index contributed by atoms with van der Waals surface area (Å²) >= 11 is 1.82. The lowest BCUT2D eigenvalue weighted by atomic mass is 9.86. The fourth-order valence-electron chi connectivity index (χ4n) is 2.05. The molecule has 1 aromatic heterocycles. The van der Waals surface area contributed by atoms with Crippen LogP contribution in [-0.4, -0.2) is 0 Å². The summed E-state index contributed by atoms with van der Waals surface area (Å²) in [5.41, 5.74) is 4.17. The van der Waals surface area contributed by atoms with Gasteiger partial charge in [-0.25, -0.2) is 0 Å². The highest BCUT2D eigenvalue weighted by Crippen LogP contribution is 2.30. The van der Waals surface area contributed by atoms with E-state index in [2.05, 4.69) is 68.7 Å². The molecule has 0 bridgehead atoms. The van der Waals surface area contributed by atoms with Gasteiger partial charge >= 0.3 is 0 Å². The van der Waals surface area contributed by atoms with Crippen molar-refractivity contribution in [2.24, 2.45) is 0 Å². The summed E-state index contributed by atoms with van der Waals surface area (Å²) in [6, 6.07) is 10.8. The Labute approximate surface area is 114 Å². The van der Waals surface area contributed by atoms with Gasteiger partial charge < -0.3 is 5.32 Å². The first-order valence-electron chi connectivity index (χ1n) is 6.35. The second-order valence-corrected chi connectivity index (χ2v) is 6.68. The van der Waals surface area contributed by atoms with Crippen LogP contribution in [0.25, 0.3) is 0 Å². The van der Waals surface area contributed by atoms with E-state index >= 15 is 0 Å². The van der Waals surface area contributed by atoms with Crippen LogP contribution in [0.4, 0.5) is 5.69 Å². The Kier molecular flexibility index (Phi) is 3.76. The Morgan fingerprint density at radius 1 is 1.11 bits per heavy atom. The lowest BCUT2D eigenvalue weighted by Gasteiger charge is -2.23. The molecular formula is C16H21NS. The summed E-state index contributed by atoms with van der Waals surface area (Å²) in [5, 5.41) is 5.73. The monoisotopic (exact) mass is 259 g/mol. The number of aryl methyl sites for hydroxylation is 1. The molecule has 0 fully saturated rings. The maximum atomic E-state index is 3.57. The third-order valence-electron chi connectivity index (χ3n) is 3.14. The molecule has 18 heavy (non-hydrogen) atoms. The number of nitrogens with one attached hydrogen (secondary N) is 1. The first kappa shape index (κ1) is 13.2. The zero-order valence-corrected chi connectivity index (χ0v) is 12.4. The average molecular weight is 259 g/mol. The van der Waals surface area contributed by atoms with Gasteiger partial charge in [-0.3, -0.25) is 0 Å². The average Bonchev–Trinajstić information content (AvgIpc) is 2.71. The molecule has 1 aromatic carbocycles. The summed E-state index contributed by atoms with van der Waals surface area (Å²) in [7, 11) is 0. The fraction of sp³-hybridized carbons (Fsp3) is 0.375. The van der Waals surface area contributed by atoms with Gasteiger partial charge in [0.25, 0.3) is 0 Å². The van der Waals surface area contributed by atoms with E-state index in [1.807, 2.05) is 11.3 Å². The maximum absolute atomic E-state index is 3.57. The van der Waals surface area contributed by atoms with Crippen LogP contribution in [-0.2, 0) is 12.0 Å². The Hall–Kier alpha value is -1.28. The molecule has 0 atom stereocenters. The normalized spacial score (nSPS) is 11.6. The topological polar surface area (TPSA) is 12.0 Å². The smallest absolute Gasteiger partial charge is 0.0496 e. The van der Waals surface area contributed by atoms with Crippen molar-refractivity contribution in [1.82, 2.24) is 0 Å². The first-order chi connectivity index (χ1) is 8.48. The zero-order valence-electron chi connectivity index (χ0n) is 11.6. The first-order valence-corrected chi connectivity index (χ1v) is 7.23. The van der Waals surface area contributed by atoms with Crippen LogP contribution in [0.2, 0.25) is 0 Å². The van der Waals surface area contributed by atoms with Gasteiger partial charge in [0, 0.05) is 17.1 Å². The van der Waals surface area contributed by atoms with Gasteiger partial charge in [-0.15, -0.1) is 11.3 Å². The highest BCUT2D eigenvalue weighted by Gasteiger charge is 2.17. The van der Waals surface area contributed by atoms with Crippen LogP contribution < -0.4 is 5.32 Å². The molecule has 1 nitrogen and oxygen atoms in total. The number of rotatable bonds is 3. The summed E-state index contributed by atoms with van der Waals surface area (Å²) in [5.74, 6) is 0. The molecule has 0 aliphatic heterocycles. The lowest BCUT2D eigenvalue weighted by molar-refractivity contribution is 0.591. The minimum atomic E-state index is 0.175. The zero-order chi connectivity index (χ0) is 13.2. The minimum Gasteiger partial charge on any atom is -0.380 e. The molecule has 0 aliphatic carbocycles. The molecule has 96 valence electrons. The molecular weight excluding hydrogens is 238 g/mol. The summed E-state index contributed by atoms with van der Waals surface area (Å²) < 4.78 is 0. The second kappa shape index (κ2) is 5.15. The van der Waals surface area contributed by atoms with Crippen LogP contribution in [0, 0.1) is 6.92 Å². The Morgan fingerprint density at radius 3 is 2.44 bits per heavy atom. The fourth-order valence-corrected chi connectivity index (χ4v) is 2.90. The maximum Gasteiger partial charge on any atom is 0.0496 e. The van der Waals surface area contributed by atoms with Gasteiger partial charge in [0.15, 0.2) is 0 Å². The van der Waals surface area contributed by atoms with Crippen molar-refractivity contribution in [3.8, 4) is 0 Å². The molecule has 0 spiro atoms. The van der Waals surface area contributed by atoms with Crippen LogP contribution in [0.3, 0.4) is 0 Å². The Balaban J connectivity index is 2.17. The largest absolute Gasteiger partial charge is 0.380 e. The van der Waals surface area contributed by atoms with E-state index < -0.39 is 0 Å². The van der Waals surface area contributed by atoms with E-state index in [-0.39, 0.29) is 5.41 Å².